The predicted molar refractivity (Wildman–Crippen MR) is 118 cm³/mol. The molecule has 1 aliphatic carbocycles. The second kappa shape index (κ2) is 9.20. The Labute approximate surface area is 181 Å². The number of nitrogens with one attached hydrogen (secondary N) is 2. The molecule has 7 nitrogen and oxygen atoms in total. The highest BCUT2D eigenvalue weighted by molar-refractivity contribution is 6.39. The van der Waals surface area contributed by atoms with Crippen LogP contribution in [0, 0.1) is 5.92 Å². The third-order valence-corrected chi connectivity index (χ3v) is 5.73. The molecule has 0 atom stereocenters. The van der Waals surface area contributed by atoms with E-state index in [-0.39, 0.29) is 11.8 Å². The molecule has 4 rings (SSSR count). The number of fused-ring (bicyclic) bond motifs is 1. The first-order valence-corrected chi connectivity index (χ1v) is 10.7. The molecular formula is C24H27N3O4. The van der Waals surface area contributed by atoms with Crippen LogP contribution in [0.15, 0.2) is 42.5 Å². The van der Waals surface area contributed by atoms with E-state index in [2.05, 4.69) is 10.6 Å². The second-order valence-corrected chi connectivity index (χ2v) is 7.98. The molecule has 0 aromatic heterocycles. The minimum absolute atomic E-state index is 0.171. The van der Waals surface area contributed by atoms with Gasteiger partial charge in [0.2, 0.25) is 5.91 Å². The number of hydrogen-bond acceptors (Lipinski definition) is 4. The molecule has 2 aromatic carbocycles. The molecule has 0 spiro atoms. The largest absolute Gasteiger partial charge is 0.496 e. The molecule has 1 aliphatic heterocycles. The van der Waals surface area contributed by atoms with Crippen LogP contribution in [0.1, 0.15) is 30.4 Å². The average molecular weight is 421 g/mol. The van der Waals surface area contributed by atoms with Crippen LogP contribution in [-0.4, -0.2) is 37.9 Å². The lowest BCUT2D eigenvalue weighted by atomic mass is 10.0. The summed E-state index contributed by atoms with van der Waals surface area (Å²) >= 11 is 0. The summed E-state index contributed by atoms with van der Waals surface area (Å²) in [7, 11) is 1.60. The first kappa shape index (κ1) is 20.9. The Kier molecular flexibility index (Phi) is 6.21. The van der Waals surface area contributed by atoms with Crippen molar-refractivity contribution in [2.45, 2.75) is 32.1 Å². The lowest BCUT2D eigenvalue weighted by molar-refractivity contribution is -0.136. The Balaban J connectivity index is 1.33. The fraction of sp³-hybridized carbons (Fsp3) is 0.375. The van der Waals surface area contributed by atoms with E-state index in [1.165, 1.54) is 0 Å². The number of aryl methyl sites for hydroxylation is 1. The lowest BCUT2D eigenvalue weighted by Gasteiger charge is -2.30. The highest BCUT2D eigenvalue weighted by Crippen LogP contribution is 2.36. The Morgan fingerprint density at radius 1 is 1.10 bits per heavy atom. The molecule has 1 saturated carbocycles. The van der Waals surface area contributed by atoms with Gasteiger partial charge in [0.15, 0.2) is 0 Å². The topological polar surface area (TPSA) is 87.7 Å². The standard InChI is InChI=1S/C24H27N3O4/c1-31-21-7-3-2-5-16(21)12-13-25-22(28)23(29)26-19-10-11-20-18(15-19)6-4-14-27(20)24(30)17-8-9-17/h2-3,5,7,10-11,15,17H,4,6,8-9,12-14H2,1H3,(H,25,28)(H,26,29). The van der Waals surface area contributed by atoms with E-state index in [4.69, 9.17) is 4.74 Å². The van der Waals surface area contributed by atoms with E-state index < -0.39 is 11.8 Å². The van der Waals surface area contributed by atoms with Crippen LogP contribution in [0.25, 0.3) is 0 Å². The molecule has 0 saturated heterocycles. The van der Waals surface area contributed by atoms with E-state index in [1.807, 2.05) is 41.3 Å². The van der Waals surface area contributed by atoms with Crippen LogP contribution in [0.4, 0.5) is 11.4 Å². The molecule has 0 bridgehead atoms. The van der Waals surface area contributed by atoms with Crippen molar-refractivity contribution >= 4 is 29.1 Å². The van der Waals surface area contributed by atoms with Crippen LogP contribution in [0.5, 0.6) is 5.75 Å². The van der Waals surface area contributed by atoms with Crippen molar-refractivity contribution in [2.24, 2.45) is 5.92 Å². The van der Waals surface area contributed by atoms with E-state index in [0.717, 1.165) is 54.8 Å². The molecule has 31 heavy (non-hydrogen) atoms. The third-order valence-electron chi connectivity index (χ3n) is 5.73. The molecule has 162 valence electrons. The molecule has 1 fully saturated rings. The van der Waals surface area contributed by atoms with Gasteiger partial charge in [-0.1, -0.05) is 18.2 Å². The molecule has 0 unspecified atom stereocenters. The number of anilines is 2. The molecule has 3 amide bonds. The summed E-state index contributed by atoms with van der Waals surface area (Å²) in [5.41, 5.74) is 3.46. The van der Waals surface area contributed by atoms with Gasteiger partial charge >= 0.3 is 11.8 Å². The maximum Gasteiger partial charge on any atom is 0.313 e. The van der Waals surface area contributed by atoms with Crippen molar-refractivity contribution in [3.63, 3.8) is 0 Å². The maximum absolute atomic E-state index is 12.5. The smallest absolute Gasteiger partial charge is 0.313 e. The molecular weight excluding hydrogens is 394 g/mol. The van der Waals surface area contributed by atoms with Gasteiger partial charge < -0.3 is 20.3 Å². The molecule has 2 N–H and O–H groups in total. The zero-order valence-corrected chi connectivity index (χ0v) is 17.6. The summed E-state index contributed by atoms with van der Waals surface area (Å²) in [6.45, 7) is 1.07. The molecule has 7 heteroatoms. The van der Waals surface area contributed by atoms with E-state index in [9.17, 15) is 14.4 Å². The third kappa shape index (κ3) is 4.87. The zero-order chi connectivity index (χ0) is 21.8. The van der Waals surface area contributed by atoms with E-state index in [1.54, 1.807) is 13.2 Å². The Hall–Kier alpha value is -3.35. The number of carbonyl (C=O) groups excluding carboxylic acids is 3. The number of benzene rings is 2. The number of ether oxygens (including phenoxy) is 1. The van der Waals surface area contributed by atoms with Gasteiger partial charge in [0.1, 0.15) is 5.75 Å². The summed E-state index contributed by atoms with van der Waals surface area (Å²) in [6, 6.07) is 13.0. The number of methoxy groups -OCH3 is 1. The van der Waals surface area contributed by atoms with Crippen molar-refractivity contribution in [1.29, 1.82) is 0 Å². The van der Waals surface area contributed by atoms with Gasteiger partial charge in [0.25, 0.3) is 0 Å². The molecule has 0 radical (unpaired) electrons. The number of rotatable bonds is 6. The quantitative estimate of drug-likeness (QED) is 0.702. The molecule has 2 aromatic rings. The summed E-state index contributed by atoms with van der Waals surface area (Å²) in [6.07, 6.45) is 4.26. The second-order valence-electron chi connectivity index (χ2n) is 7.98. The summed E-state index contributed by atoms with van der Waals surface area (Å²) in [4.78, 5) is 38.9. The van der Waals surface area contributed by atoms with Gasteiger partial charge in [-0.05, 0) is 67.5 Å². The Bertz CT molecular complexity index is 1000. The van der Waals surface area contributed by atoms with Crippen LogP contribution in [0.2, 0.25) is 0 Å². The first-order chi connectivity index (χ1) is 15.1. The number of hydrogen-bond donors (Lipinski definition) is 2. The average Bonchev–Trinajstić information content (AvgIpc) is 3.63. The van der Waals surface area contributed by atoms with Gasteiger partial charge in [-0.3, -0.25) is 14.4 Å². The number of para-hydroxylation sites is 1. The highest BCUT2D eigenvalue weighted by Gasteiger charge is 2.35. The van der Waals surface area contributed by atoms with Crippen LogP contribution in [-0.2, 0) is 27.2 Å². The van der Waals surface area contributed by atoms with E-state index in [0.29, 0.717) is 18.7 Å². The summed E-state index contributed by atoms with van der Waals surface area (Å²) in [5.74, 6) is -0.263. The van der Waals surface area contributed by atoms with Crippen molar-refractivity contribution in [2.75, 3.05) is 30.4 Å². The van der Waals surface area contributed by atoms with E-state index >= 15 is 0 Å². The summed E-state index contributed by atoms with van der Waals surface area (Å²) in [5, 5.41) is 5.31. The zero-order valence-electron chi connectivity index (χ0n) is 17.6. The number of amides is 3. The molecule has 1 heterocycles. The number of carbonyl (C=O) groups is 3. The van der Waals surface area contributed by atoms with Crippen molar-refractivity contribution in [3.05, 3.63) is 53.6 Å². The minimum Gasteiger partial charge on any atom is -0.496 e. The van der Waals surface area contributed by atoms with Gasteiger partial charge in [0.05, 0.1) is 7.11 Å². The maximum atomic E-state index is 12.5. The monoisotopic (exact) mass is 421 g/mol. The van der Waals surface area contributed by atoms with Crippen molar-refractivity contribution in [3.8, 4) is 5.75 Å². The Morgan fingerprint density at radius 2 is 1.90 bits per heavy atom. The Morgan fingerprint density at radius 3 is 2.68 bits per heavy atom. The van der Waals surface area contributed by atoms with Gasteiger partial charge in [-0.2, -0.15) is 0 Å². The highest BCUT2D eigenvalue weighted by atomic mass is 16.5. The van der Waals surface area contributed by atoms with Crippen LogP contribution in [0.3, 0.4) is 0 Å². The van der Waals surface area contributed by atoms with Gasteiger partial charge in [-0.15, -0.1) is 0 Å². The molecule has 2 aliphatic rings. The van der Waals surface area contributed by atoms with Crippen LogP contribution >= 0.6 is 0 Å². The van der Waals surface area contributed by atoms with Crippen molar-refractivity contribution in [1.82, 2.24) is 5.32 Å². The SMILES string of the molecule is COc1ccccc1CCNC(=O)C(=O)Nc1ccc2c(c1)CCCN2C(=O)C1CC1. The fourth-order valence-corrected chi connectivity index (χ4v) is 3.94. The summed E-state index contributed by atoms with van der Waals surface area (Å²) < 4.78 is 5.30. The fourth-order valence-electron chi connectivity index (χ4n) is 3.94. The normalized spacial score (nSPS) is 15.1. The lowest BCUT2D eigenvalue weighted by Crippen LogP contribution is -2.37. The van der Waals surface area contributed by atoms with Gasteiger partial charge in [-0.25, -0.2) is 0 Å². The minimum atomic E-state index is -0.707. The number of nitrogens with zero attached hydrogens (tertiary/aromatic N) is 1. The van der Waals surface area contributed by atoms with Crippen molar-refractivity contribution < 1.29 is 19.1 Å². The van der Waals surface area contributed by atoms with Gasteiger partial charge in [0, 0.05) is 30.4 Å². The predicted octanol–water partition coefficient (Wildman–Crippen LogP) is 2.68. The van der Waals surface area contributed by atoms with Crippen LogP contribution < -0.4 is 20.3 Å². The first-order valence-electron chi connectivity index (χ1n) is 10.7.